The molecule has 0 saturated heterocycles. The van der Waals surface area contributed by atoms with Crippen molar-refractivity contribution in [1.82, 2.24) is 0 Å². The number of ether oxygens (including phenoxy) is 1. The van der Waals surface area contributed by atoms with Crippen LogP contribution in [0.15, 0.2) is 24.3 Å². The molecule has 1 amide bonds. The van der Waals surface area contributed by atoms with Gasteiger partial charge >= 0.3 is 5.97 Å². The number of hydrogen-bond donors (Lipinski definition) is 1. The first-order chi connectivity index (χ1) is 11.9. The zero-order valence-corrected chi connectivity index (χ0v) is 15.4. The Morgan fingerprint density at radius 2 is 1.84 bits per heavy atom. The molecule has 2 unspecified atom stereocenters. The minimum absolute atomic E-state index is 0.247. The first-order valence-corrected chi connectivity index (χ1v) is 9.54. The molecule has 4 saturated carbocycles. The van der Waals surface area contributed by atoms with Crippen LogP contribution in [0.5, 0.6) is 0 Å². The fourth-order valence-corrected chi connectivity index (χ4v) is 6.30. The maximum Gasteiger partial charge on any atom is 0.312 e. The average Bonchev–Trinajstić information content (AvgIpc) is 2.52. The van der Waals surface area contributed by atoms with E-state index in [1.54, 1.807) is 24.3 Å². The lowest BCUT2D eigenvalue weighted by molar-refractivity contribution is -0.171. The fraction of sp³-hybridized carbons (Fsp3) is 0.579. The Hall–Kier alpha value is -1.26. The summed E-state index contributed by atoms with van der Waals surface area (Å²) >= 11 is 12.8. The summed E-state index contributed by atoms with van der Waals surface area (Å²) in [5.74, 6) is 0.388. The Balaban J connectivity index is 1.38. The normalized spacial score (nSPS) is 35.4. The van der Waals surface area contributed by atoms with E-state index in [1.165, 1.54) is 6.42 Å². The van der Waals surface area contributed by atoms with Gasteiger partial charge in [-0.25, -0.2) is 0 Å². The first kappa shape index (κ1) is 17.2. The standard InChI is InChI=1S/C19H21Cl2NO3/c20-14-3-1-2-4-15(14)22-16(23)10-25-17(24)18-6-12-5-13(7-18)9-19(21,8-12)11-18/h1-4,12-13H,5-11H2,(H,22,23)/t12-,13+,18?,19?. The second-order valence-electron chi connectivity index (χ2n) is 8.00. The first-order valence-electron chi connectivity index (χ1n) is 8.78. The van der Waals surface area contributed by atoms with Gasteiger partial charge in [0.25, 0.3) is 5.91 Å². The van der Waals surface area contributed by atoms with Gasteiger partial charge in [0.2, 0.25) is 0 Å². The number of amides is 1. The van der Waals surface area contributed by atoms with Crippen molar-refractivity contribution in [2.75, 3.05) is 11.9 Å². The molecule has 6 heteroatoms. The molecular weight excluding hydrogens is 361 g/mol. The summed E-state index contributed by atoms with van der Waals surface area (Å²) in [5, 5.41) is 3.12. The summed E-state index contributed by atoms with van der Waals surface area (Å²) in [6.07, 6.45) is 5.57. The average molecular weight is 382 g/mol. The van der Waals surface area contributed by atoms with E-state index in [-0.39, 0.29) is 23.4 Å². The van der Waals surface area contributed by atoms with Crippen LogP contribution in [-0.4, -0.2) is 23.4 Å². The highest BCUT2D eigenvalue weighted by molar-refractivity contribution is 6.33. The topological polar surface area (TPSA) is 55.4 Å². The zero-order chi connectivity index (χ0) is 17.7. The molecule has 4 nitrogen and oxygen atoms in total. The van der Waals surface area contributed by atoms with Gasteiger partial charge in [-0.1, -0.05) is 23.7 Å². The third kappa shape index (κ3) is 3.26. The van der Waals surface area contributed by atoms with Crippen molar-refractivity contribution in [3.63, 3.8) is 0 Å². The zero-order valence-electron chi connectivity index (χ0n) is 13.9. The van der Waals surface area contributed by atoms with Crippen molar-refractivity contribution < 1.29 is 14.3 Å². The third-order valence-corrected chi connectivity index (χ3v) is 6.68. The monoisotopic (exact) mass is 381 g/mol. The highest BCUT2D eigenvalue weighted by Gasteiger charge is 2.60. The molecule has 0 heterocycles. The van der Waals surface area contributed by atoms with Gasteiger partial charge < -0.3 is 10.1 Å². The van der Waals surface area contributed by atoms with Crippen LogP contribution in [0.25, 0.3) is 0 Å². The Labute approximate surface area is 157 Å². The summed E-state index contributed by atoms with van der Waals surface area (Å²) in [5.41, 5.74) is 0.0241. The van der Waals surface area contributed by atoms with E-state index in [4.69, 9.17) is 27.9 Å². The number of carbonyl (C=O) groups is 2. The number of para-hydroxylation sites is 1. The second kappa shape index (κ2) is 6.17. The van der Waals surface area contributed by atoms with E-state index in [0.717, 1.165) is 25.7 Å². The quantitative estimate of drug-likeness (QED) is 0.620. The van der Waals surface area contributed by atoms with Crippen LogP contribution in [-0.2, 0) is 14.3 Å². The van der Waals surface area contributed by atoms with E-state index in [1.807, 2.05) is 0 Å². The van der Waals surface area contributed by atoms with Crippen molar-refractivity contribution in [3.05, 3.63) is 29.3 Å². The van der Waals surface area contributed by atoms with Gasteiger partial charge in [-0.15, -0.1) is 11.6 Å². The Morgan fingerprint density at radius 1 is 1.16 bits per heavy atom. The molecule has 4 fully saturated rings. The van der Waals surface area contributed by atoms with Crippen LogP contribution in [0, 0.1) is 17.3 Å². The summed E-state index contributed by atoms with van der Waals surface area (Å²) in [7, 11) is 0. The highest BCUT2D eigenvalue weighted by atomic mass is 35.5. The molecular formula is C19H21Cl2NO3. The van der Waals surface area contributed by atoms with Crippen LogP contribution < -0.4 is 5.32 Å². The van der Waals surface area contributed by atoms with Crippen LogP contribution >= 0.6 is 23.2 Å². The molecule has 25 heavy (non-hydrogen) atoms. The number of benzene rings is 1. The van der Waals surface area contributed by atoms with Gasteiger partial charge in [0, 0.05) is 4.87 Å². The SMILES string of the molecule is O=C(COC(=O)C12C[C@@H]3C[C@@H](CC(Cl)(C3)C1)C2)Nc1ccccc1Cl. The van der Waals surface area contributed by atoms with E-state index in [9.17, 15) is 9.59 Å². The van der Waals surface area contributed by atoms with E-state index in [0.29, 0.717) is 29.0 Å². The molecule has 0 aliphatic heterocycles. The molecule has 1 N–H and O–H groups in total. The molecule has 5 rings (SSSR count). The molecule has 1 aromatic rings. The Bertz CT molecular complexity index is 706. The summed E-state index contributed by atoms with van der Waals surface area (Å²) in [4.78, 5) is 24.6. The minimum Gasteiger partial charge on any atom is -0.455 e. The van der Waals surface area contributed by atoms with Crippen LogP contribution in [0.2, 0.25) is 5.02 Å². The maximum absolute atomic E-state index is 12.8. The van der Waals surface area contributed by atoms with Crippen molar-refractivity contribution in [1.29, 1.82) is 0 Å². The van der Waals surface area contributed by atoms with Gasteiger partial charge in [0.15, 0.2) is 6.61 Å². The largest absolute Gasteiger partial charge is 0.455 e. The number of hydrogen-bond acceptors (Lipinski definition) is 3. The predicted molar refractivity (Wildman–Crippen MR) is 96.7 cm³/mol. The molecule has 1 aromatic carbocycles. The van der Waals surface area contributed by atoms with Crippen molar-refractivity contribution in [3.8, 4) is 0 Å². The van der Waals surface area contributed by atoms with Gasteiger partial charge in [0.05, 0.1) is 16.1 Å². The van der Waals surface area contributed by atoms with E-state index >= 15 is 0 Å². The summed E-state index contributed by atoms with van der Waals surface area (Å²) < 4.78 is 5.39. The van der Waals surface area contributed by atoms with Crippen molar-refractivity contribution in [2.24, 2.45) is 17.3 Å². The second-order valence-corrected chi connectivity index (χ2v) is 9.21. The Kier molecular flexibility index (Phi) is 4.24. The van der Waals surface area contributed by atoms with E-state index < -0.39 is 5.41 Å². The van der Waals surface area contributed by atoms with Gasteiger partial charge in [-0.2, -0.15) is 0 Å². The lowest BCUT2D eigenvalue weighted by Crippen LogP contribution is -2.56. The van der Waals surface area contributed by atoms with Crippen LogP contribution in [0.3, 0.4) is 0 Å². The molecule has 4 bridgehead atoms. The smallest absolute Gasteiger partial charge is 0.312 e. The third-order valence-electron chi connectivity index (χ3n) is 5.91. The number of carbonyl (C=O) groups excluding carboxylic acids is 2. The summed E-state index contributed by atoms with van der Waals surface area (Å²) in [6.45, 7) is -0.295. The minimum atomic E-state index is -0.490. The van der Waals surface area contributed by atoms with Crippen molar-refractivity contribution >= 4 is 40.8 Å². The molecule has 0 spiro atoms. The highest BCUT2D eigenvalue weighted by Crippen LogP contribution is 2.64. The molecule has 0 radical (unpaired) electrons. The number of rotatable bonds is 4. The molecule has 4 aliphatic rings. The summed E-state index contributed by atoms with van der Waals surface area (Å²) in [6, 6.07) is 6.97. The number of alkyl halides is 1. The fourth-order valence-electron chi connectivity index (χ4n) is 5.42. The van der Waals surface area contributed by atoms with Crippen LogP contribution in [0.1, 0.15) is 38.5 Å². The predicted octanol–water partition coefficient (Wildman–Crippen LogP) is 4.40. The van der Waals surface area contributed by atoms with Gasteiger partial charge in [0.1, 0.15) is 0 Å². The molecule has 134 valence electrons. The lowest BCUT2D eigenvalue weighted by Gasteiger charge is -2.58. The molecule has 4 aliphatic carbocycles. The van der Waals surface area contributed by atoms with Crippen molar-refractivity contribution in [2.45, 2.75) is 43.4 Å². The van der Waals surface area contributed by atoms with Gasteiger partial charge in [-0.05, 0) is 62.5 Å². The Morgan fingerprint density at radius 3 is 2.48 bits per heavy atom. The number of nitrogens with one attached hydrogen (secondary N) is 1. The number of halogens is 2. The molecule has 0 aromatic heterocycles. The van der Waals surface area contributed by atoms with Gasteiger partial charge in [-0.3, -0.25) is 9.59 Å². The lowest BCUT2D eigenvalue weighted by atomic mass is 9.49. The maximum atomic E-state index is 12.8. The van der Waals surface area contributed by atoms with Crippen LogP contribution in [0.4, 0.5) is 5.69 Å². The molecule has 4 atom stereocenters. The number of anilines is 1. The van der Waals surface area contributed by atoms with E-state index in [2.05, 4.69) is 5.32 Å². The number of esters is 1.